The molecule has 0 aliphatic heterocycles. The van der Waals surface area contributed by atoms with E-state index in [1.54, 1.807) is 14.1 Å². The first-order chi connectivity index (χ1) is 11.1. The van der Waals surface area contributed by atoms with Crippen LogP contribution in [0.2, 0.25) is 0 Å². The molecule has 23 heavy (non-hydrogen) atoms. The Morgan fingerprint density at radius 1 is 1.26 bits per heavy atom. The fraction of sp³-hybridized carbons (Fsp3) is 0.412. The number of guanidine groups is 1. The standard InChI is InChI=1S/C17H24N4O2/c1-4-18-17(20-12-16(22)21(2)3)19-10-9-14-11-13-7-5-6-8-15(13)23-14/h5-8,11H,4,9-10,12H2,1-3H3,(H2,18,19,20). The molecular weight excluding hydrogens is 292 g/mol. The van der Waals surface area contributed by atoms with Gasteiger partial charge >= 0.3 is 0 Å². The Kier molecular flexibility index (Phi) is 6.02. The highest BCUT2D eigenvalue weighted by atomic mass is 16.3. The van der Waals surface area contributed by atoms with Gasteiger partial charge in [-0.1, -0.05) is 18.2 Å². The van der Waals surface area contributed by atoms with Crippen molar-refractivity contribution in [1.82, 2.24) is 15.5 Å². The van der Waals surface area contributed by atoms with Gasteiger partial charge in [0.05, 0.1) is 0 Å². The minimum absolute atomic E-state index is 0.0283. The van der Waals surface area contributed by atoms with Crippen molar-refractivity contribution in [1.29, 1.82) is 0 Å². The zero-order valence-electron chi connectivity index (χ0n) is 13.9. The Morgan fingerprint density at radius 2 is 2.04 bits per heavy atom. The van der Waals surface area contributed by atoms with Gasteiger partial charge < -0.3 is 20.0 Å². The second-order valence-corrected chi connectivity index (χ2v) is 5.41. The van der Waals surface area contributed by atoms with Crippen molar-refractivity contribution in [3.8, 4) is 0 Å². The van der Waals surface area contributed by atoms with E-state index in [0.717, 1.165) is 29.7 Å². The van der Waals surface area contributed by atoms with E-state index in [9.17, 15) is 4.79 Å². The van der Waals surface area contributed by atoms with E-state index < -0.39 is 0 Å². The average Bonchev–Trinajstić information content (AvgIpc) is 2.94. The number of rotatable bonds is 6. The quantitative estimate of drug-likeness (QED) is 0.627. The molecule has 6 heteroatoms. The van der Waals surface area contributed by atoms with Gasteiger partial charge in [0, 0.05) is 39.0 Å². The molecule has 0 atom stereocenters. The topological polar surface area (TPSA) is 69.9 Å². The summed E-state index contributed by atoms with van der Waals surface area (Å²) in [7, 11) is 3.44. The molecule has 0 fully saturated rings. The maximum atomic E-state index is 11.6. The number of para-hydroxylation sites is 1. The molecule has 2 N–H and O–H groups in total. The van der Waals surface area contributed by atoms with Crippen molar-refractivity contribution >= 4 is 22.8 Å². The minimum Gasteiger partial charge on any atom is -0.461 e. The van der Waals surface area contributed by atoms with Crippen LogP contribution in [0.25, 0.3) is 11.0 Å². The van der Waals surface area contributed by atoms with Crippen LogP contribution in [0, 0.1) is 0 Å². The van der Waals surface area contributed by atoms with Gasteiger partial charge in [0.25, 0.3) is 0 Å². The number of hydrogen-bond donors (Lipinski definition) is 2. The number of likely N-dealkylation sites (N-methyl/N-ethyl adjacent to an activating group) is 1. The van der Waals surface area contributed by atoms with E-state index in [1.807, 2.05) is 31.2 Å². The highest BCUT2D eigenvalue weighted by Gasteiger charge is 2.05. The SMILES string of the molecule is CCNC(=NCC(=O)N(C)C)NCCc1cc2ccccc2o1. The van der Waals surface area contributed by atoms with E-state index in [2.05, 4.69) is 21.7 Å². The Morgan fingerprint density at radius 3 is 2.74 bits per heavy atom. The van der Waals surface area contributed by atoms with Crippen molar-refractivity contribution in [3.63, 3.8) is 0 Å². The van der Waals surface area contributed by atoms with Crippen molar-refractivity contribution in [2.45, 2.75) is 13.3 Å². The summed E-state index contributed by atoms with van der Waals surface area (Å²) in [5.41, 5.74) is 0.902. The van der Waals surface area contributed by atoms with E-state index in [0.29, 0.717) is 12.5 Å². The van der Waals surface area contributed by atoms with E-state index >= 15 is 0 Å². The maximum absolute atomic E-state index is 11.6. The molecule has 2 aromatic rings. The number of carbonyl (C=O) groups is 1. The lowest BCUT2D eigenvalue weighted by molar-refractivity contribution is -0.127. The van der Waals surface area contributed by atoms with Gasteiger partial charge in [-0.2, -0.15) is 0 Å². The van der Waals surface area contributed by atoms with Crippen LogP contribution in [0.1, 0.15) is 12.7 Å². The van der Waals surface area contributed by atoms with Crippen molar-refractivity contribution in [2.24, 2.45) is 4.99 Å². The molecular formula is C17H24N4O2. The zero-order valence-corrected chi connectivity index (χ0v) is 13.9. The third kappa shape index (κ3) is 5.02. The Balaban J connectivity index is 1.88. The maximum Gasteiger partial charge on any atom is 0.243 e. The molecule has 6 nitrogen and oxygen atoms in total. The second-order valence-electron chi connectivity index (χ2n) is 5.41. The Bertz CT molecular complexity index is 643. The average molecular weight is 316 g/mol. The smallest absolute Gasteiger partial charge is 0.243 e. The lowest BCUT2D eigenvalue weighted by Gasteiger charge is -2.12. The molecule has 1 amide bonds. The van der Waals surface area contributed by atoms with Gasteiger partial charge in [-0.3, -0.25) is 4.79 Å². The van der Waals surface area contributed by atoms with Crippen LogP contribution in [0.4, 0.5) is 0 Å². The number of nitrogens with zero attached hydrogens (tertiary/aromatic N) is 2. The monoisotopic (exact) mass is 316 g/mol. The Labute approximate surface area is 136 Å². The second kappa shape index (κ2) is 8.22. The summed E-state index contributed by atoms with van der Waals surface area (Å²) in [6, 6.07) is 10.0. The fourth-order valence-electron chi connectivity index (χ4n) is 2.09. The molecule has 0 saturated carbocycles. The van der Waals surface area contributed by atoms with Gasteiger partial charge in [-0.25, -0.2) is 4.99 Å². The first kappa shape index (κ1) is 16.9. The molecule has 0 saturated heterocycles. The Hall–Kier alpha value is -2.50. The zero-order chi connectivity index (χ0) is 16.7. The van der Waals surface area contributed by atoms with Crippen molar-refractivity contribution in [2.75, 3.05) is 33.7 Å². The highest BCUT2D eigenvalue weighted by molar-refractivity contribution is 5.84. The summed E-state index contributed by atoms with van der Waals surface area (Å²) in [4.78, 5) is 17.4. The number of carbonyl (C=O) groups excluding carboxylic acids is 1. The van der Waals surface area contributed by atoms with E-state index in [-0.39, 0.29) is 12.5 Å². The summed E-state index contributed by atoms with van der Waals surface area (Å²) in [5, 5.41) is 7.45. The molecule has 2 rings (SSSR count). The summed E-state index contributed by atoms with van der Waals surface area (Å²) in [6.07, 6.45) is 0.751. The van der Waals surface area contributed by atoms with Gasteiger partial charge in [0.15, 0.2) is 5.96 Å². The van der Waals surface area contributed by atoms with Crippen LogP contribution in [-0.4, -0.2) is 50.5 Å². The molecule has 124 valence electrons. The van der Waals surface area contributed by atoms with Crippen LogP contribution in [0.3, 0.4) is 0 Å². The molecule has 0 radical (unpaired) electrons. The predicted octanol–water partition coefficient (Wildman–Crippen LogP) is 1.62. The van der Waals surface area contributed by atoms with Crippen molar-refractivity contribution in [3.05, 3.63) is 36.1 Å². The summed E-state index contributed by atoms with van der Waals surface area (Å²) < 4.78 is 5.78. The third-order valence-electron chi connectivity index (χ3n) is 3.36. The lowest BCUT2D eigenvalue weighted by Crippen LogP contribution is -2.39. The van der Waals surface area contributed by atoms with Gasteiger partial charge in [-0.05, 0) is 19.1 Å². The molecule has 0 unspecified atom stereocenters. The van der Waals surface area contributed by atoms with Crippen molar-refractivity contribution < 1.29 is 9.21 Å². The first-order valence-electron chi connectivity index (χ1n) is 7.80. The first-order valence-corrected chi connectivity index (χ1v) is 7.80. The lowest BCUT2D eigenvalue weighted by atomic mass is 10.2. The fourth-order valence-corrected chi connectivity index (χ4v) is 2.09. The number of nitrogens with one attached hydrogen (secondary N) is 2. The molecule has 1 aromatic carbocycles. The normalized spacial score (nSPS) is 11.5. The largest absolute Gasteiger partial charge is 0.461 e. The number of fused-ring (bicyclic) bond motifs is 1. The molecule has 1 aromatic heterocycles. The molecule has 0 spiro atoms. The van der Waals surface area contributed by atoms with Gasteiger partial charge in [0.1, 0.15) is 17.9 Å². The number of aliphatic imine (C=N–C) groups is 1. The summed E-state index contributed by atoms with van der Waals surface area (Å²) in [5.74, 6) is 1.54. The number of benzene rings is 1. The number of amides is 1. The van der Waals surface area contributed by atoms with Gasteiger partial charge in [0.2, 0.25) is 5.91 Å². The van der Waals surface area contributed by atoms with Crippen LogP contribution >= 0.6 is 0 Å². The third-order valence-corrected chi connectivity index (χ3v) is 3.36. The minimum atomic E-state index is -0.0283. The van der Waals surface area contributed by atoms with E-state index in [4.69, 9.17) is 4.42 Å². The van der Waals surface area contributed by atoms with Crippen LogP contribution in [0.15, 0.2) is 39.7 Å². The number of furan rings is 1. The van der Waals surface area contributed by atoms with Crippen LogP contribution < -0.4 is 10.6 Å². The summed E-state index contributed by atoms with van der Waals surface area (Å²) >= 11 is 0. The highest BCUT2D eigenvalue weighted by Crippen LogP contribution is 2.18. The molecule has 0 bridgehead atoms. The van der Waals surface area contributed by atoms with Crippen LogP contribution in [-0.2, 0) is 11.2 Å². The predicted molar refractivity (Wildman–Crippen MR) is 92.6 cm³/mol. The van der Waals surface area contributed by atoms with Crippen LogP contribution in [0.5, 0.6) is 0 Å². The molecule has 1 heterocycles. The molecule has 0 aliphatic rings. The van der Waals surface area contributed by atoms with E-state index in [1.165, 1.54) is 4.90 Å². The number of hydrogen-bond acceptors (Lipinski definition) is 3. The molecule has 0 aliphatic carbocycles. The summed E-state index contributed by atoms with van der Waals surface area (Å²) in [6.45, 7) is 3.55. The van der Waals surface area contributed by atoms with Gasteiger partial charge in [-0.15, -0.1) is 0 Å².